The Morgan fingerprint density at radius 3 is 2.45 bits per heavy atom. The maximum absolute atomic E-state index is 11.8. The van der Waals surface area contributed by atoms with Gasteiger partial charge in [0.15, 0.2) is 5.76 Å². The van der Waals surface area contributed by atoms with Crippen LogP contribution in [0.3, 0.4) is 0 Å². The largest absolute Gasteiger partial charge is 0.459 e. The summed E-state index contributed by atoms with van der Waals surface area (Å²) in [4.78, 5) is 16.0. The van der Waals surface area contributed by atoms with Crippen LogP contribution in [0.1, 0.15) is 10.6 Å². The number of hydrogen-bond acceptors (Lipinski definition) is 3. The van der Waals surface area contributed by atoms with Gasteiger partial charge in [0, 0.05) is 11.8 Å². The SMILES string of the molecule is O=C(Nc1ccc(-c2ccccc2)cn1)c1ccco1. The molecule has 1 N–H and O–H groups in total. The monoisotopic (exact) mass is 264 g/mol. The van der Waals surface area contributed by atoms with Crippen LogP contribution in [0.5, 0.6) is 0 Å². The maximum Gasteiger partial charge on any atom is 0.292 e. The van der Waals surface area contributed by atoms with Crippen LogP contribution in [0.15, 0.2) is 71.5 Å². The Morgan fingerprint density at radius 1 is 0.950 bits per heavy atom. The highest BCUT2D eigenvalue weighted by Gasteiger charge is 2.09. The van der Waals surface area contributed by atoms with E-state index >= 15 is 0 Å². The van der Waals surface area contributed by atoms with Crippen molar-refractivity contribution in [1.82, 2.24) is 4.98 Å². The molecule has 0 atom stereocenters. The Hall–Kier alpha value is -2.88. The predicted molar refractivity (Wildman–Crippen MR) is 76.3 cm³/mol. The Bertz CT molecular complexity index is 689. The van der Waals surface area contributed by atoms with E-state index in [0.29, 0.717) is 5.82 Å². The van der Waals surface area contributed by atoms with Crippen LogP contribution in [-0.4, -0.2) is 10.9 Å². The summed E-state index contributed by atoms with van der Waals surface area (Å²) < 4.78 is 5.02. The fourth-order valence-electron chi connectivity index (χ4n) is 1.85. The zero-order valence-electron chi connectivity index (χ0n) is 10.6. The van der Waals surface area contributed by atoms with Gasteiger partial charge >= 0.3 is 0 Å². The number of anilines is 1. The zero-order chi connectivity index (χ0) is 13.8. The minimum absolute atomic E-state index is 0.263. The minimum Gasteiger partial charge on any atom is -0.459 e. The van der Waals surface area contributed by atoms with Crippen molar-refractivity contribution in [3.8, 4) is 11.1 Å². The summed E-state index contributed by atoms with van der Waals surface area (Å²) in [7, 11) is 0. The third-order valence-electron chi connectivity index (χ3n) is 2.86. The standard InChI is InChI=1S/C16H12N2O2/c19-16(14-7-4-10-20-14)18-15-9-8-13(11-17-15)12-5-2-1-3-6-12/h1-11H,(H,17,18,19). The summed E-state index contributed by atoms with van der Waals surface area (Å²) in [5, 5.41) is 2.68. The minimum atomic E-state index is -0.310. The highest BCUT2D eigenvalue weighted by molar-refractivity contribution is 6.01. The lowest BCUT2D eigenvalue weighted by molar-refractivity contribution is 0.0996. The second-order valence-corrected chi connectivity index (χ2v) is 4.23. The summed E-state index contributed by atoms with van der Waals surface area (Å²) in [5.74, 6) is 0.444. The van der Waals surface area contributed by atoms with Gasteiger partial charge in [0.05, 0.1) is 6.26 Å². The smallest absolute Gasteiger partial charge is 0.292 e. The summed E-state index contributed by atoms with van der Waals surface area (Å²) in [6, 6.07) is 16.9. The molecule has 20 heavy (non-hydrogen) atoms. The Kier molecular flexibility index (Phi) is 3.29. The lowest BCUT2D eigenvalue weighted by Crippen LogP contribution is -2.11. The zero-order valence-corrected chi connectivity index (χ0v) is 10.6. The Balaban J connectivity index is 1.75. The van der Waals surface area contributed by atoms with Crippen molar-refractivity contribution in [2.75, 3.05) is 5.32 Å². The number of furan rings is 1. The first-order chi connectivity index (χ1) is 9.83. The van der Waals surface area contributed by atoms with E-state index in [1.807, 2.05) is 36.4 Å². The fourth-order valence-corrected chi connectivity index (χ4v) is 1.85. The maximum atomic E-state index is 11.8. The molecule has 0 aliphatic heterocycles. The molecule has 2 heterocycles. The molecular weight excluding hydrogens is 252 g/mol. The molecular formula is C16H12N2O2. The number of nitrogens with zero attached hydrogens (tertiary/aromatic N) is 1. The lowest BCUT2D eigenvalue weighted by Gasteiger charge is -2.04. The first-order valence-electron chi connectivity index (χ1n) is 6.19. The fraction of sp³-hybridized carbons (Fsp3) is 0. The summed E-state index contributed by atoms with van der Waals surface area (Å²) >= 11 is 0. The molecule has 0 spiro atoms. The number of amides is 1. The lowest BCUT2D eigenvalue weighted by atomic mass is 10.1. The van der Waals surface area contributed by atoms with Crippen LogP contribution in [0, 0.1) is 0 Å². The number of aromatic nitrogens is 1. The van der Waals surface area contributed by atoms with Crippen LogP contribution in [0.25, 0.3) is 11.1 Å². The number of pyridine rings is 1. The molecule has 0 radical (unpaired) electrons. The molecule has 0 aliphatic carbocycles. The normalized spacial score (nSPS) is 10.2. The summed E-state index contributed by atoms with van der Waals surface area (Å²) in [6.07, 6.45) is 3.19. The number of benzene rings is 1. The van der Waals surface area contributed by atoms with E-state index in [0.717, 1.165) is 11.1 Å². The molecule has 0 saturated heterocycles. The molecule has 0 saturated carbocycles. The van der Waals surface area contributed by atoms with Crippen LogP contribution < -0.4 is 5.32 Å². The van der Waals surface area contributed by atoms with Gasteiger partial charge in [-0.1, -0.05) is 30.3 Å². The average molecular weight is 264 g/mol. The van der Waals surface area contributed by atoms with Gasteiger partial charge in [0.25, 0.3) is 5.91 Å². The highest BCUT2D eigenvalue weighted by atomic mass is 16.3. The van der Waals surface area contributed by atoms with Gasteiger partial charge in [0.1, 0.15) is 5.82 Å². The first-order valence-corrected chi connectivity index (χ1v) is 6.19. The van der Waals surface area contributed by atoms with E-state index < -0.39 is 0 Å². The van der Waals surface area contributed by atoms with Crippen LogP contribution >= 0.6 is 0 Å². The summed E-state index contributed by atoms with van der Waals surface area (Å²) in [5.41, 5.74) is 2.09. The summed E-state index contributed by atoms with van der Waals surface area (Å²) in [6.45, 7) is 0. The van der Waals surface area contributed by atoms with E-state index in [-0.39, 0.29) is 11.7 Å². The van der Waals surface area contributed by atoms with Crippen molar-refractivity contribution in [3.05, 3.63) is 72.8 Å². The molecule has 4 nitrogen and oxygen atoms in total. The van der Waals surface area contributed by atoms with Gasteiger partial charge in [-0.2, -0.15) is 0 Å². The van der Waals surface area contributed by atoms with Crippen molar-refractivity contribution in [2.24, 2.45) is 0 Å². The van der Waals surface area contributed by atoms with Crippen molar-refractivity contribution < 1.29 is 9.21 Å². The molecule has 4 heteroatoms. The second-order valence-electron chi connectivity index (χ2n) is 4.23. The number of rotatable bonds is 3. The molecule has 2 aromatic heterocycles. The molecule has 0 aliphatic rings. The van der Waals surface area contributed by atoms with E-state index in [1.54, 1.807) is 24.4 Å². The van der Waals surface area contributed by atoms with Crippen molar-refractivity contribution in [1.29, 1.82) is 0 Å². The molecule has 3 rings (SSSR count). The second kappa shape index (κ2) is 5.40. The molecule has 3 aromatic rings. The number of carbonyl (C=O) groups is 1. The molecule has 0 fully saturated rings. The molecule has 0 unspecified atom stereocenters. The van der Waals surface area contributed by atoms with E-state index in [9.17, 15) is 4.79 Å². The van der Waals surface area contributed by atoms with Crippen LogP contribution in [0.4, 0.5) is 5.82 Å². The number of carbonyl (C=O) groups excluding carboxylic acids is 1. The van der Waals surface area contributed by atoms with E-state index in [1.165, 1.54) is 6.26 Å². The number of nitrogens with one attached hydrogen (secondary N) is 1. The van der Waals surface area contributed by atoms with Crippen LogP contribution in [0.2, 0.25) is 0 Å². The van der Waals surface area contributed by atoms with Crippen molar-refractivity contribution in [2.45, 2.75) is 0 Å². The van der Waals surface area contributed by atoms with E-state index in [4.69, 9.17) is 4.42 Å². The van der Waals surface area contributed by atoms with Gasteiger partial charge < -0.3 is 9.73 Å². The number of hydrogen-bond donors (Lipinski definition) is 1. The Labute approximate surface area is 116 Å². The predicted octanol–water partition coefficient (Wildman–Crippen LogP) is 3.59. The first kappa shape index (κ1) is 12.2. The third-order valence-corrected chi connectivity index (χ3v) is 2.86. The van der Waals surface area contributed by atoms with Crippen molar-refractivity contribution >= 4 is 11.7 Å². The molecule has 98 valence electrons. The van der Waals surface area contributed by atoms with Gasteiger partial charge in [0.2, 0.25) is 0 Å². The van der Waals surface area contributed by atoms with Gasteiger partial charge in [-0.3, -0.25) is 4.79 Å². The van der Waals surface area contributed by atoms with Gasteiger partial charge in [-0.05, 0) is 29.8 Å². The molecule has 1 aromatic carbocycles. The quantitative estimate of drug-likeness (QED) is 0.786. The topological polar surface area (TPSA) is 55.1 Å². The molecule has 0 bridgehead atoms. The highest BCUT2D eigenvalue weighted by Crippen LogP contribution is 2.19. The molecule has 1 amide bonds. The average Bonchev–Trinajstić information content (AvgIpc) is 3.03. The Morgan fingerprint density at radius 2 is 1.80 bits per heavy atom. The van der Waals surface area contributed by atoms with Gasteiger partial charge in [-0.25, -0.2) is 4.98 Å². The third kappa shape index (κ3) is 2.59. The van der Waals surface area contributed by atoms with Crippen molar-refractivity contribution in [3.63, 3.8) is 0 Å². The van der Waals surface area contributed by atoms with E-state index in [2.05, 4.69) is 10.3 Å². The van der Waals surface area contributed by atoms with Crippen LogP contribution in [-0.2, 0) is 0 Å². The van der Waals surface area contributed by atoms with Gasteiger partial charge in [-0.15, -0.1) is 0 Å².